The van der Waals surface area contributed by atoms with Crippen molar-refractivity contribution in [2.24, 2.45) is 0 Å². The van der Waals surface area contributed by atoms with Gasteiger partial charge in [0.2, 0.25) is 0 Å². The first-order valence-electron chi connectivity index (χ1n) is 5.62. The van der Waals surface area contributed by atoms with Crippen molar-refractivity contribution in [2.75, 3.05) is 19.1 Å². The molecule has 0 aliphatic carbocycles. The molecule has 0 spiro atoms. The first kappa shape index (κ1) is 14.6. The molecule has 5 nitrogen and oxygen atoms in total. The number of esters is 1. The van der Waals surface area contributed by atoms with Crippen molar-refractivity contribution in [2.45, 2.75) is 0 Å². The fourth-order valence-electron chi connectivity index (χ4n) is 1.60. The molecule has 1 aromatic heterocycles. The van der Waals surface area contributed by atoms with Crippen molar-refractivity contribution in [3.63, 3.8) is 0 Å². The normalized spacial score (nSPS) is 10.2. The number of hydrogen-bond donors (Lipinski definition) is 0. The molecule has 104 valence electrons. The van der Waals surface area contributed by atoms with Crippen LogP contribution in [0.1, 0.15) is 10.4 Å². The van der Waals surface area contributed by atoms with E-state index in [0.29, 0.717) is 21.6 Å². The molecule has 0 unspecified atom stereocenters. The largest absolute Gasteiger partial charge is 0.465 e. The second-order valence-electron chi connectivity index (χ2n) is 3.91. The lowest BCUT2D eigenvalue weighted by Gasteiger charge is -2.18. The van der Waals surface area contributed by atoms with Crippen molar-refractivity contribution in [3.8, 4) is 0 Å². The summed E-state index contributed by atoms with van der Waals surface area (Å²) >= 11 is 11.7. The first-order chi connectivity index (χ1) is 9.52. The van der Waals surface area contributed by atoms with Gasteiger partial charge in [0, 0.05) is 12.7 Å². The van der Waals surface area contributed by atoms with E-state index in [2.05, 4.69) is 14.7 Å². The van der Waals surface area contributed by atoms with Crippen molar-refractivity contribution in [1.82, 2.24) is 9.97 Å². The monoisotopic (exact) mass is 311 g/mol. The molecule has 7 heteroatoms. The van der Waals surface area contributed by atoms with Gasteiger partial charge >= 0.3 is 5.97 Å². The molecule has 0 amide bonds. The third-order valence-electron chi connectivity index (χ3n) is 2.69. The Hall–Kier alpha value is -1.85. The molecular formula is C13H11Cl2N3O2. The van der Waals surface area contributed by atoms with Crippen LogP contribution < -0.4 is 4.90 Å². The zero-order chi connectivity index (χ0) is 14.7. The maximum absolute atomic E-state index is 11.6. The van der Waals surface area contributed by atoms with E-state index in [0.717, 1.165) is 5.69 Å². The second-order valence-corrected chi connectivity index (χ2v) is 4.71. The van der Waals surface area contributed by atoms with Gasteiger partial charge in [-0.25, -0.2) is 14.8 Å². The minimum atomic E-state index is -0.493. The van der Waals surface area contributed by atoms with E-state index in [1.807, 2.05) is 0 Å². The van der Waals surface area contributed by atoms with Gasteiger partial charge < -0.3 is 9.64 Å². The summed E-state index contributed by atoms with van der Waals surface area (Å²) in [6.45, 7) is 0. The van der Waals surface area contributed by atoms with Crippen LogP contribution in [-0.4, -0.2) is 30.1 Å². The fourth-order valence-corrected chi connectivity index (χ4v) is 1.89. The minimum Gasteiger partial charge on any atom is -0.465 e. The number of ether oxygens (including phenoxy) is 1. The van der Waals surface area contributed by atoms with Gasteiger partial charge in [-0.05, 0) is 18.2 Å². The van der Waals surface area contributed by atoms with Crippen LogP contribution in [0.2, 0.25) is 10.2 Å². The summed E-state index contributed by atoms with van der Waals surface area (Å²) in [4.78, 5) is 21.5. The zero-order valence-electron chi connectivity index (χ0n) is 10.8. The molecule has 0 N–H and O–H groups in total. The van der Waals surface area contributed by atoms with Gasteiger partial charge in [0.05, 0.1) is 30.1 Å². The Labute approximate surface area is 126 Å². The van der Waals surface area contributed by atoms with Gasteiger partial charge in [-0.2, -0.15) is 0 Å². The molecule has 20 heavy (non-hydrogen) atoms. The number of benzene rings is 1. The van der Waals surface area contributed by atoms with E-state index >= 15 is 0 Å². The topological polar surface area (TPSA) is 55.3 Å². The maximum Gasteiger partial charge on any atom is 0.339 e. The third kappa shape index (κ3) is 3.00. The quantitative estimate of drug-likeness (QED) is 0.814. The number of rotatable bonds is 3. The summed E-state index contributed by atoms with van der Waals surface area (Å²) < 4.78 is 4.69. The van der Waals surface area contributed by atoms with Crippen LogP contribution in [0.15, 0.2) is 30.6 Å². The zero-order valence-corrected chi connectivity index (χ0v) is 12.3. The van der Waals surface area contributed by atoms with Crippen LogP contribution in [0, 0.1) is 0 Å². The van der Waals surface area contributed by atoms with E-state index in [4.69, 9.17) is 23.2 Å². The molecule has 0 bridgehead atoms. The number of nitrogens with zero attached hydrogens (tertiary/aromatic N) is 3. The maximum atomic E-state index is 11.6. The summed E-state index contributed by atoms with van der Waals surface area (Å²) in [5, 5.41) is 0.643. The van der Waals surface area contributed by atoms with Crippen LogP contribution in [0.5, 0.6) is 0 Å². The molecule has 1 heterocycles. The number of hydrogen-bond acceptors (Lipinski definition) is 5. The Kier molecular flexibility index (Phi) is 4.42. The van der Waals surface area contributed by atoms with E-state index in [9.17, 15) is 4.79 Å². The molecule has 0 atom stereocenters. The highest BCUT2D eigenvalue weighted by Gasteiger charge is 2.14. The standard InChI is InChI=1S/C13H11Cl2N3O2/c1-18(12-7-16-11(15)6-17-12)8-3-4-10(14)9(5-8)13(19)20-2/h3-7H,1-2H3. The molecule has 0 saturated heterocycles. The summed E-state index contributed by atoms with van der Waals surface area (Å²) in [6, 6.07) is 5.03. The Balaban J connectivity index is 2.37. The average Bonchev–Trinajstić information content (AvgIpc) is 2.47. The smallest absolute Gasteiger partial charge is 0.339 e. The number of anilines is 2. The number of carbonyl (C=O) groups excluding carboxylic acids is 1. The number of aromatic nitrogens is 2. The predicted octanol–water partition coefficient (Wildman–Crippen LogP) is 3.34. The lowest BCUT2D eigenvalue weighted by atomic mass is 10.2. The lowest BCUT2D eigenvalue weighted by Crippen LogP contribution is -2.13. The fraction of sp³-hybridized carbons (Fsp3) is 0.154. The van der Waals surface area contributed by atoms with E-state index < -0.39 is 5.97 Å². The second kappa shape index (κ2) is 6.07. The van der Waals surface area contributed by atoms with Crippen LogP contribution in [0.4, 0.5) is 11.5 Å². The van der Waals surface area contributed by atoms with Crippen molar-refractivity contribution >= 4 is 40.7 Å². The average molecular weight is 312 g/mol. The van der Waals surface area contributed by atoms with Crippen LogP contribution >= 0.6 is 23.2 Å². The predicted molar refractivity (Wildman–Crippen MR) is 77.9 cm³/mol. The van der Waals surface area contributed by atoms with Gasteiger partial charge in [-0.15, -0.1) is 0 Å². The van der Waals surface area contributed by atoms with E-state index in [1.165, 1.54) is 19.5 Å². The Morgan fingerprint density at radius 3 is 2.60 bits per heavy atom. The number of methoxy groups -OCH3 is 1. The Morgan fingerprint density at radius 2 is 2.00 bits per heavy atom. The van der Waals surface area contributed by atoms with E-state index in [1.54, 1.807) is 30.1 Å². The molecule has 0 saturated carbocycles. The highest BCUT2D eigenvalue weighted by atomic mass is 35.5. The molecule has 1 aromatic carbocycles. The third-order valence-corrected chi connectivity index (χ3v) is 3.22. The number of carbonyl (C=O) groups is 1. The highest BCUT2D eigenvalue weighted by Crippen LogP contribution is 2.27. The van der Waals surface area contributed by atoms with Crippen LogP contribution in [0.3, 0.4) is 0 Å². The summed E-state index contributed by atoms with van der Waals surface area (Å²) in [5.74, 6) is 0.0972. The minimum absolute atomic E-state index is 0.292. The van der Waals surface area contributed by atoms with Crippen LogP contribution in [0.25, 0.3) is 0 Å². The summed E-state index contributed by atoms with van der Waals surface area (Å²) in [7, 11) is 3.10. The van der Waals surface area contributed by atoms with Gasteiger partial charge in [0.25, 0.3) is 0 Å². The van der Waals surface area contributed by atoms with Crippen molar-refractivity contribution < 1.29 is 9.53 Å². The summed E-state index contributed by atoms with van der Waals surface area (Å²) in [5.41, 5.74) is 1.02. The van der Waals surface area contributed by atoms with Gasteiger partial charge in [-0.1, -0.05) is 23.2 Å². The molecule has 0 aliphatic heterocycles. The Morgan fingerprint density at radius 1 is 1.25 bits per heavy atom. The van der Waals surface area contributed by atoms with Crippen LogP contribution in [-0.2, 0) is 4.74 Å². The molecule has 0 radical (unpaired) electrons. The molecule has 0 fully saturated rings. The SMILES string of the molecule is COC(=O)c1cc(N(C)c2cnc(Cl)cn2)ccc1Cl. The molecule has 2 rings (SSSR count). The molecular weight excluding hydrogens is 301 g/mol. The van der Waals surface area contributed by atoms with E-state index in [-0.39, 0.29) is 0 Å². The van der Waals surface area contributed by atoms with Gasteiger partial charge in [-0.3, -0.25) is 0 Å². The Bertz CT molecular complexity index is 632. The highest BCUT2D eigenvalue weighted by molar-refractivity contribution is 6.33. The van der Waals surface area contributed by atoms with Crippen molar-refractivity contribution in [3.05, 3.63) is 46.3 Å². The lowest BCUT2D eigenvalue weighted by molar-refractivity contribution is 0.0601. The van der Waals surface area contributed by atoms with Gasteiger partial charge in [0.1, 0.15) is 5.15 Å². The van der Waals surface area contributed by atoms with Gasteiger partial charge in [0.15, 0.2) is 5.82 Å². The summed E-state index contributed by atoms with van der Waals surface area (Å²) in [6.07, 6.45) is 2.99. The molecule has 0 aliphatic rings. The molecule has 2 aromatic rings. The van der Waals surface area contributed by atoms with Crippen molar-refractivity contribution in [1.29, 1.82) is 0 Å². The number of halogens is 2. The first-order valence-corrected chi connectivity index (χ1v) is 6.37.